The number of amides is 4. The van der Waals surface area contributed by atoms with Crippen LogP contribution in [0.15, 0.2) is 42.5 Å². The number of hydrogen-bond donors (Lipinski definition) is 3. The molecular formula is C30H39ClN4O5. The molecule has 0 heterocycles. The van der Waals surface area contributed by atoms with Gasteiger partial charge in [-0.05, 0) is 70.6 Å². The highest BCUT2D eigenvalue weighted by molar-refractivity contribution is 6.34. The lowest BCUT2D eigenvalue weighted by atomic mass is 9.99. The number of aryl methyl sites for hydroxylation is 2. The number of nitrogens with one attached hydrogen (secondary N) is 2. The molecule has 4 amide bonds. The Bertz CT molecular complexity index is 1250. The molecule has 0 aliphatic heterocycles. The lowest BCUT2D eigenvalue weighted by Gasteiger charge is -2.35. The Balaban J connectivity index is 2.06. The maximum absolute atomic E-state index is 14.3. The van der Waals surface area contributed by atoms with Crippen molar-refractivity contribution in [3.63, 3.8) is 0 Å². The molecular weight excluding hydrogens is 532 g/mol. The number of primary amides is 1. The van der Waals surface area contributed by atoms with Gasteiger partial charge in [0.25, 0.3) is 5.91 Å². The van der Waals surface area contributed by atoms with Crippen LogP contribution in [0.4, 0.5) is 10.5 Å². The van der Waals surface area contributed by atoms with E-state index in [9.17, 15) is 19.2 Å². The van der Waals surface area contributed by atoms with Crippen LogP contribution in [0.2, 0.25) is 5.02 Å². The summed E-state index contributed by atoms with van der Waals surface area (Å²) in [6.07, 6.45) is -0.305. The number of hydrogen-bond acceptors (Lipinski definition) is 5. The number of rotatable bonds is 10. The third kappa shape index (κ3) is 8.21. The molecule has 4 N–H and O–H groups in total. The van der Waals surface area contributed by atoms with E-state index in [4.69, 9.17) is 22.1 Å². The third-order valence-electron chi connectivity index (χ3n) is 6.70. The Morgan fingerprint density at radius 2 is 1.77 bits per heavy atom. The van der Waals surface area contributed by atoms with Gasteiger partial charge in [-0.1, -0.05) is 60.5 Å². The van der Waals surface area contributed by atoms with Gasteiger partial charge in [-0.2, -0.15) is 0 Å². The standard InChI is InChI=1S/C30H39ClN4O5/c1-17-9-7-11-20(15-17)26(27(37)34-25-18(2)10-8-12-21(25)31)35(23-16-19(23)3)28(38)22(13-14-24(32)36)33-29(39)40-30(4,5)6/h7-12,15,19,22-23,26H,13-14,16H2,1-6H3,(H2,32,36)(H,33,39)(H,34,37). The zero-order chi connectivity index (χ0) is 29.8. The summed E-state index contributed by atoms with van der Waals surface area (Å²) in [6.45, 7) is 10.9. The van der Waals surface area contributed by atoms with Crippen LogP contribution in [-0.2, 0) is 19.1 Å². The number of nitrogens with zero attached hydrogens (tertiary/aromatic N) is 1. The molecule has 4 unspecified atom stereocenters. The van der Waals surface area contributed by atoms with Crippen LogP contribution in [-0.4, -0.2) is 46.4 Å². The minimum Gasteiger partial charge on any atom is -0.444 e. The molecule has 0 spiro atoms. The monoisotopic (exact) mass is 570 g/mol. The molecule has 2 aromatic carbocycles. The molecule has 4 atom stereocenters. The second kappa shape index (κ2) is 12.7. The Kier molecular flexibility index (Phi) is 9.84. The summed E-state index contributed by atoms with van der Waals surface area (Å²) in [5.74, 6) is -1.43. The third-order valence-corrected chi connectivity index (χ3v) is 7.02. The summed E-state index contributed by atoms with van der Waals surface area (Å²) in [5, 5.41) is 5.93. The zero-order valence-corrected chi connectivity index (χ0v) is 24.7. The second-order valence-corrected chi connectivity index (χ2v) is 11.9. The van der Waals surface area contributed by atoms with E-state index in [-0.39, 0.29) is 24.8 Å². The molecule has 0 bridgehead atoms. The van der Waals surface area contributed by atoms with E-state index in [1.807, 2.05) is 45.0 Å². The number of halogens is 1. The van der Waals surface area contributed by atoms with Gasteiger partial charge in [0.1, 0.15) is 17.7 Å². The fraction of sp³-hybridized carbons (Fsp3) is 0.467. The number of para-hydroxylation sites is 1. The predicted octanol–water partition coefficient (Wildman–Crippen LogP) is 5.03. The molecule has 1 saturated carbocycles. The van der Waals surface area contributed by atoms with Crippen LogP contribution < -0.4 is 16.4 Å². The number of carbonyl (C=O) groups is 4. The molecule has 1 aliphatic rings. The highest BCUT2D eigenvalue weighted by Gasteiger charge is 2.48. The first kappa shape index (κ1) is 30.9. The van der Waals surface area contributed by atoms with E-state index in [1.165, 1.54) is 4.90 Å². The summed E-state index contributed by atoms with van der Waals surface area (Å²) in [5.41, 5.74) is 7.34. The second-order valence-electron chi connectivity index (χ2n) is 11.5. The first-order chi connectivity index (χ1) is 18.7. The van der Waals surface area contributed by atoms with Crippen molar-refractivity contribution < 1.29 is 23.9 Å². The number of alkyl carbamates (subject to hydrolysis) is 1. The molecule has 2 aromatic rings. The van der Waals surface area contributed by atoms with Gasteiger partial charge in [0.05, 0.1) is 10.7 Å². The number of anilines is 1. The van der Waals surface area contributed by atoms with Gasteiger partial charge in [-0.15, -0.1) is 0 Å². The van der Waals surface area contributed by atoms with Crippen LogP contribution in [0, 0.1) is 19.8 Å². The SMILES string of the molecule is Cc1cccc(C(C(=O)Nc2c(C)cccc2Cl)N(C(=O)C(CCC(N)=O)NC(=O)OC(C)(C)C)C2CC2C)c1. The van der Waals surface area contributed by atoms with Crippen molar-refractivity contribution >= 4 is 41.1 Å². The quantitative estimate of drug-likeness (QED) is 0.368. The highest BCUT2D eigenvalue weighted by Crippen LogP contribution is 2.41. The Labute approximate surface area is 240 Å². The van der Waals surface area contributed by atoms with Crippen molar-refractivity contribution in [2.45, 2.75) is 84.5 Å². The smallest absolute Gasteiger partial charge is 0.408 e. The molecule has 40 heavy (non-hydrogen) atoms. The Hall–Kier alpha value is -3.59. The van der Waals surface area contributed by atoms with E-state index in [2.05, 4.69) is 10.6 Å². The fourth-order valence-corrected chi connectivity index (χ4v) is 4.88. The fourth-order valence-electron chi connectivity index (χ4n) is 4.61. The molecule has 9 nitrogen and oxygen atoms in total. The first-order valence-electron chi connectivity index (χ1n) is 13.4. The number of carbonyl (C=O) groups excluding carboxylic acids is 4. The van der Waals surface area contributed by atoms with Gasteiger partial charge in [-0.25, -0.2) is 4.79 Å². The van der Waals surface area contributed by atoms with Crippen molar-refractivity contribution in [1.29, 1.82) is 0 Å². The maximum atomic E-state index is 14.3. The van der Waals surface area contributed by atoms with Gasteiger partial charge < -0.3 is 26.0 Å². The van der Waals surface area contributed by atoms with Crippen LogP contribution in [0.1, 0.15) is 69.7 Å². The van der Waals surface area contributed by atoms with Gasteiger partial charge in [0, 0.05) is 12.5 Å². The summed E-state index contributed by atoms with van der Waals surface area (Å²) in [4.78, 5) is 54.2. The average Bonchev–Trinajstić information content (AvgIpc) is 3.56. The summed E-state index contributed by atoms with van der Waals surface area (Å²) >= 11 is 6.42. The normalized spacial score (nSPS) is 17.8. The van der Waals surface area contributed by atoms with Crippen molar-refractivity contribution in [3.05, 3.63) is 64.2 Å². The van der Waals surface area contributed by atoms with Crippen molar-refractivity contribution in [1.82, 2.24) is 10.2 Å². The largest absolute Gasteiger partial charge is 0.444 e. The van der Waals surface area contributed by atoms with Crippen molar-refractivity contribution in [2.24, 2.45) is 11.7 Å². The molecule has 0 aromatic heterocycles. The van der Waals surface area contributed by atoms with E-state index in [0.717, 1.165) is 11.1 Å². The Morgan fingerprint density at radius 3 is 2.33 bits per heavy atom. The molecule has 1 aliphatic carbocycles. The first-order valence-corrected chi connectivity index (χ1v) is 13.8. The molecule has 3 rings (SSSR count). The maximum Gasteiger partial charge on any atom is 0.408 e. The predicted molar refractivity (Wildman–Crippen MR) is 155 cm³/mol. The van der Waals surface area contributed by atoms with Gasteiger partial charge in [0.15, 0.2) is 0 Å². The summed E-state index contributed by atoms with van der Waals surface area (Å²) < 4.78 is 5.38. The molecule has 0 radical (unpaired) electrons. The number of benzene rings is 2. The van der Waals surface area contributed by atoms with Gasteiger partial charge in [-0.3, -0.25) is 14.4 Å². The number of nitrogens with two attached hydrogens (primary N) is 1. The van der Waals surface area contributed by atoms with Crippen LogP contribution >= 0.6 is 11.6 Å². The lowest BCUT2D eigenvalue weighted by Crippen LogP contribution is -2.53. The molecule has 10 heteroatoms. The van der Waals surface area contributed by atoms with Crippen LogP contribution in [0.3, 0.4) is 0 Å². The Morgan fingerprint density at radius 1 is 1.12 bits per heavy atom. The molecule has 1 fully saturated rings. The average molecular weight is 571 g/mol. The van der Waals surface area contributed by atoms with Crippen LogP contribution in [0.5, 0.6) is 0 Å². The van der Waals surface area contributed by atoms with E-state index in [1.54, 1.807) is 39.0 Å². The van der Waals surface area contributed by atoms with E-state index >= 15 is 0 Å². The summed E-state index contributed by atoms with van der Waals surface area (Å²) in [7, 11) is 0. The van der Waals surface area contributed by atoms with Crippen molar-refractivity contribution in [3.8, 4) is 0 Å². The molecule has 0 saturated heterocycles. The van der Waals surface area contributed by atoms with Gasteiger partial charge in [0.2, 0.25) is 11.8 Å². The minimum absolute atomic E-state index is 0.0449. The molecule has 216 valence electrons. The summed E-state index contributed by atoms with van der Waals surface area (Å²) in [6, 6.07) is 10.3. The highest BCUT2D eigenvalue weighted by atomic mass is 35.5. The van der Waals surface area contributed by atoms with E-state index in [0.29, 0.717) is 22.7 Å². The van der Waals surface area contributed by atoms with Crippen LogP contribution in [0.25, 0.3) is 0 Å². The number of ether oxygens (including phenoxy) is 1. The zero-order valence-electron chi connectivity index (χ0n) is 23.9. The van der Waals surface area contributed by atoms with E-state index < -0.39 is 41.5 Å². The van der Waals surface area contributed by atoms with Crippen molar-refractivity contribution in [2.75, 3.05) is 5.32 Å². The lowest BCUT2D eigenvalue weighted by molar-refractivity contribution is -0.142. The van der Waals surface area contributed by atoms with Gasteiger partial charge >= 0.3 is 6.09 Å². The minimum atomic E-state index is -1.14. The topological polar surface area (TPSA) is 131 Å².